The van der Waals surface area contributed by atoms with Gasteiger partial charge in [-0.25, -0.2) is 8.42 Å². The standard InChI is InChI=1S/C20H20N2O5S/c1-20(19(21)24,28(25,26)17-8-4-3-7-16(17)27-2)18(23)14-9-10-15-13(12-14)6-5-11-22-15/h3-12,18,23H,1-2H3,(H2,21,24). The number of nitrogens with two attached hydrogens (primary N) is 1. The van der Waals surface area contributed by atoms with Crippen molar-refractivity contribution < 1.29 is 23.1 Å². The van der Waals surface area contributed by atoms with E-state index >= 15 is 0 Å². The fourth-order valence-corrected chi connectivity index (χ4v) is 4.89. The molecule has 2 aromatic carbocycles. The third-order valence-corrected chi connectivity index (χ3v) is 7.33. The maximum absolute atomic E-state index is 13.4. The van der Waals surface area contributed by atoms with Gasteiger partial charge in [0, 0.05) is 11.6 Å². The van der Waals surface area contributed by atoms with Crippen LogP contribution in [0.3, 0.4) is 0 Å². The minimum atomic E-state index is -4.41. The number of aliphatic hydroxyl groups is 1. The molecular formula is C20H20N2O5S. The first-order valence-corrected chi connectivity index (χ1v) is 9.92. The summed E-state index contributed by atoms with van der Waals surface area (Å²) in [7, 11) is -3.09. The number of aliphatic hydroxyl groups excluding tert-OH is 1. The lowest BCUT2D eigenvalue weighted by atomic mass is 9.95. The van der Waals surface area contributed by atoms with Crippen molar-refractivity contribution in [1.82, 2.24) is 4.98 Å². The molecular weight excluding hydrogens is 380 g/mol. The topological polar surface area (TPSA) is 120 Å². The monoisotopic (exact) mass is 400 g/mol. The van der Waals surface area contributed by atoms with Crippen LogP contribution in [0.25, 0.3) is 10.9 Å². The molecule has 0 saturated carbocycles. The molecule has 0 spiro atoms. The highest BCUT2D eigenvalue weighted by atomic mass is 32.2. The average molecular weight is 400 g/mol. The van der Waals surface area contributed by atoms with Crippen LogP contribution in [-0.2, 0) is 14.6 Å². The van der Waals surface area contributed by atoms with Crippen molar-refractivity contribution >= 4 is 26.6 Å². The average Bonchev–Trinajstić information content (AvgIpc) is 2.71. The Morgan fingerprint density at radius 2 is 1.89 bits per heavy atom. The van der Waals surface area contributed by atoms with Gasteiger partial charge in [0.2, 0.25) is 5.91 Å². The molecule has 0 radical (unpaired) electrons. The quantitative estimate of drug-likeness (QED) is 0.653. The first-order chi connectivity index (χ1) is 13.2. The van der Waals surface area contributed by atoms with Gasteiger partial charge in [0.15, 0.2) is 14.6 Å². The number of carbonyl (C=O) groups excluding carboxylic acids is 1. The Morgan fingerprint density at radius 1 is 1.18 bits per heavy atom. The smallest absolute Gasteiger partial charge is 0.242 e. The summed E-state index contributed by atoms with van der Waals surface area (Å²) in [6, 6.07) is 14.1. The second-order valence-corrected chi connectivity index (χ2v) is 8.78. The number of aromatic nitrogens is 1. The Kier molecular flexibility index (Phi) is 5.10. The number of pyridine rings is 1. The third-order valence-electron chi connectivity index (χ3n) is 4.87. The second kappa shape index (κ2) is 7.21. The number of fused-ring (bicyclic) bond motifs is 1. The maximum Gasteiger partial charge on any atom is 0.242 e. The molecule has 3 rings (SSSR count). The lowest BCUT2D eigenvalue weighted by Crippen LogP contribution is -2.52. The van der Waals surface area contributed by atoms with E-state index in [1.54, 1.807) is 36.5 Å². The van der Waals surface area contributed by atoms with Crippen molar-refractivity contribution in [3.05, 3.63) is 66.4 Å². The number of ether oxygens (including phenoxy) is 1. The van der Waals surface area contributed by atoms with E-state index in [-0.39, 0.29) is 16.2 Å². The fourth-order valence-electron chi connectivity index (χ4n) is 3.07. The van der Waals surface area contributed by atoms with Gasteiger partial charge in [-0.1, -0.05) is 24.3 Å². The van der Waals surface area contributed by atoms with Crippen LogP contribution in [0.2, 0.25) is 0 Å². The van der Waals surface area contributed by atoms with Crippen LogP contribution in [0.1, 0.15) is 18.6 Å². The van der Waals surface area contributed by atoms with E-state index in [9.17, 15) is 18.3 Å². The summed E-state index contributed by atoms with van der Waals surface area (Å²) in [6.45, 7) is 1.12. The predicted octanol–water partition coefficient (Wildman–Crippen LogP) is 1.99. The van der Waals surface area contributed by atoms with Crippen molar-refractivity contribution in [2.24, 2.45) is 5.73 Å². The SMILES string of the molecule is COc1ccccc1S(=O)(=O)C(C)(C(N)=O)C(O)c1ccc2ncccc2c1. The first-order valence-electron chi connectivity index (χ1n) is 8.43. The minimum absolute atomic E-state index is 0.0601. The number of nitrogens with zero attached hydrogens (tertiary/aromatic N) is 1. The molecule has 1 amide bonds. The molecule has 0 aliphatic heterocycles. The van der Waals surface area contributed by atoms with Crippen molar-refractivity contribution in [2.45, 2.75) is 22.7 Å². The number of para-hydroxylation sites is 1. The van der Waals surface area contributed by atoms with E-state index in [4.69, 9.17) is 10.5 Å². The molecule has 1 aromatic heterocycles. The highest BCUT2D eigenvalue weighted by Gasteiger charge is 2.53. The number of hydrogen-bond donors (Lipinski definition) is 2. The van der Waals surface area contributed by atoms with E-state index in [2.05, 4.69) is 4.98 Å². The van der Waals surface area contributed by atoms with E-state index in [1.165, 1.54) is 31.4 Å². The van der Waals surface area contributed by atoms with Gasteiger partial charge in [0.05, 0.1) is 12.6 Å². The Balaban J connectivity index is 2.18. The number of amides is 1. The zero-order chi connectivity index (χ0) is 20.5. The first kappa shape index (κ1) is 19.8. The Morgan fingerprint density at radius 3 is 2.57 bits per heavy atom. The van der Waals surface area contributed by atoms with Gasteiger partial charge in [-0.15, -0.1) is 0 Å². The van der Waals surface area contributed by atoms with Gasteiger partial charge in [0.1, 0.15) is 16.7 Å². The fraction of sp³-hybridized carbons (Fsp3) is 0.200. The van der Waals surface area contributed by atoms with Crippen molar-refractivity contribution in [3.8, 4) is 5.75 Å². The van der Waals surface area contributed by atoms with Crippen molar-refractivity contribution in [3.63, 3.8) is 0 Å². The summed E-state index contributed by atoms with van der Waals surface area (Å²) in [4.78, 5) is 16.3. The van der Waals surface area contributed by atoms with Crippen molar-refractivity contribution in [2.75, 3.05) is 7.11 Å². The van der Waals surface area contributed by atoms with Crippen LogP contribution >= 0.6 is 0 Å². The van der Waals surface area contributed by atoms with Gasteiger partial charge in [-0.3, -0.25) is 9.78 Å². The van der Waals surface area contributed by atoms with Gasteiger partial charge in [-0.05, 0) is 42.8 Å². The van der Waals surface area contributed by atoms with E-state index < -0.39 is 26.6 Å². The molecule has 2 unspecified atom stereocenters. The van der Waals surface area contributed by atoms with Gasteiger partial charge < -0.3 is 15.6 Å². The largest absolute Gasteiger partial charge is 0.495 e. The predicted molar refractivity (Wildman–Crippen MR) is 104 cm³/mol. The maximum atomic E-state index is 13.4. The number of primary amides is 1. The molecule has 0 bridgehead atoms. The number of rotatable bonds is 6. The second-order valence-electron chi connectivity index (χ2n) is 6.48. The molecule has 7 nitrogen and oxygen atoms in total. The van der Waals surface area contributed by atoms with Gasteiger partial charge in [0.25, 0.3) is 0 Å². The highest BCUT2D eigenvalue weighted by molar-refractivity contribution is 7.93. The Hall–Kier alpha value is -2.97. The van der Waals surface area contributed by atoms with Crippen LogP contribution in [-0.4, -0.2) is 36.3 Å². The van der Waals surface area contributed by atoms with Crippen molar-refractivity contribution in [1.29, 1.82) is 0 Å². The number of methoxy groups -OCH3 is 1. The molecule has 2 atom stereocenters. The molecule has 0 fully saturated rings. The summed E-state index contributed by atoms with van der Waals surface area (Å²) in [5, 5.41) is 11.7. The Bertz CT molecular complexity index is 1150. The van der Waals surface area contributed by atoms with Gasteiger partial charge >= 0.3 is 0 Å². The zero-order valence-electron chi connectivity index (χ0n) is 15.4. The lowest BCUT2D eigenvalue weighted by molar-refractivity contribution is -0.123. The van der Waals surface area contributed by atoms with Gasteiger partial charge in [-0.2, -0.15) is 0 Å². The zero-order valence-corrected chi connectivity index (χ0v) is 16.2. The molecule has 28 heavy (non-hydrogen) atoms. The number of benzene rings is 2. The summed E-state index contributed by atoms with van der Waals surface area (Å²) in [5.41, 5.74) is 6.41. The molecule has 0 saturated heterocycles. The van der Waals surface area contributed by atoms with E-state index in [0.717, 1.165) is 6.92 Å². The normalized spacial score (nSPS) is 15.0. The molecule has 3 N–H and O–H groups in total. The molecule has 1 heterocycles. The summed E-state index contributed by atoms with van der Waals surface area (Å²) >= 11 is 0. The lowest BCUT2D eigenvalue weighted by Gasteiger charge is -2.31. The van der Waals surface area contributed by atoms with Crippen LogP contribution < -0.4 is 10.5 Å². The van der Waals surface area contributed by atoms with Crippen LogP contribution in [0.5, 0.6) is 5.75 Å². The van der Waals surface area contributed by atoms with E-state index in [1.807, 2.05) is 0 Å². The summed E-state index contributed by atoms with van der Waals surface area (Å²) < 4.78 is 29.6. The summed E-state index contributed by atoms with van der Waals surface area (Å²) in [6.07, 6.45) is -0.0810. The molecule has 8 heteroatoms. The molecule has 3 aromatic rings. The van der Waals surface area contributed by atoms with E-state index in [0.29, 0.717) is 10.9 Å². The van der Waals surface area contributed by atoms with Crippen LogP contribution in [0.4, 0.5) is 0 Å². The third kappa shape index (κ3) is 3.00. The Labute approximate surface area is 162 Å². The number of carbonyl (C=O) groups is 1. The molecule has 0 aliphatic rings. The van der Waals surface area contributed by atoms with Crippen LogP contribution in [0.15, 0.2) is 65.7 Å². The summed E-state index contributed by atoms with van der Waals surface area (Å²) in [5.74, 6) is -1.11. The van der Waals surface area contributed by atoms with Crippen LogP contribution in [0, 0.1) is 0 Å². The highest BCUT2D eigenvalue weighted by Crippen LogP contribution is 2.40. The number of sulfone groups is 1. The minimum Gasteiger partial charge on any atom is -0.495 e. The molecule has 146 valence electrons. The molecule has 0 aliphatic carbocycles. The number of hydrogen-bond acceptors (Lipinski definition) is 6.